The molecule has 0 spiro atoms. The van der Waals surface area contributed by atoms with Crippen molar-refractivity contribution in [3.63, 3.8) is 0 Å². The van der Waals surface area contributed by atoms with Gasteiger partial charge in [-0.15, -0.1) is 11.3 Å². The van der Waals surface area contributed by atoms with Crippen LogP contribution in [0, 0.1) is 11.8 Å². The van der Waals surface area contributed by atoms with Crippen molar-refractivity contribution in [3.05, 3.63) is 119 Å². The Bertz CT molecular complexity index is 2400. The maximum absolute atomic E-state index is 14.4. The lowest BCUT2D eigenvalue weighted by Crippen LogP contribution is -2.53. The molecule has 0 unspecified atom stereocenters. The summed E-state index contributed by atoms with van der Waals surface area (Å²) in [4.78, 5) is 72.7. The molecule has 9 N–H and O–H groups in total. The number of nitrogens with one attached hydrogen (secondary N) is 3. The number of guanidine groups is 1. The minimum absolute atomic E-state index is 0.0139. The molecule has 61 heavy (non-hydrogen) atoms. The van der Waals surface area contributed by atoms with E-state index in [0.29, 0.717) is 24.2 Å². The summed E-state index contributed by atoms with van der Waals surface area (Å²) in [6.07, 6.45) is 6.24. The van der Waals surface area contributed by atoms with Gasteiger partial charge in [-0.25, -0.2) is 9.97 Å². The maximum atomic E-state index is 14.4. The Morgan fingerprint density at radius 2 is 1.66 bits per heavy atom. The Balaban J connectivity index is 1.18. The number of nitrogens with two attached hydrogens (primary N) is 3. The van der Waals surface area contributed by atoms with E-state index in [-0.39, 0.29) is 73.8 Å². The van der Waals surface area contributed by atoms with E-state index in [1.165, 1.54) is 11.3 Å². The normalized spacial score (nSPS) is 13.4. The van der Waals surface area contributed by atoms with Crippen LogP contribution in [0.4, 0.5) is 0 Å². The standard InChI is InChI=1S/C45H54N10O5S/c1-28(2)19-38(43(59)52-37(16-10-18-50-45(47)48)41(57)44-54-36-15-8-9-17-40(36)61-44)53-42(58)30(20-31-23-51-35-14-7-6-13-33(31)35)21-39(56)34(46)22-32-24-49-26-55(32)27-60-25-29-11-4-3-5-12-29/h3-9,11-15,17,23-24,26,28,30,34,37-38,51H,10,16,18-22,25,27,46H2,1-2H3,(H,52,59)(H,53,58)(H4,47,48,50)/t30-,34-,37-,38-/m0/s1. The van der Waals surface area contributed by atoms with Crippen molar-refractivity contribution in [2.45, 2.75) is 83.8 Å². The zero-order valence-corrected chi connectivity index (χ0v) is 35.3. The number of hydrogen-bond acceptors (Lipinski definition) is 10. The number of ether oxygens (including phenoxy) is 1. The number of nitrogens with zero attached hydrogens (tertiary/aromatic N) is 4. The molecule has 3 aromatic carbocycles. The Kier molecular flexibility index (Phi) is 15.5. The Labute approximate surface area is 358 Å². The third kappa shape index (κ3) is 12.4. The average Bonchev–Trinajstić information content (AvgIpc) is 4.00. The van der Waals surface area contributed by atoms with Gasteiger partial charge in [0.1, 0.15) is 12.8 Å². The lowest BCUT2D eigenvalue weighted by atomic mass is 9.89. The predicted molar refractivity (Wildman–Crippen MR) is 237 cm³/mol. The van der Waals surface area contributed by atoms with Crippen molar-refractivity contribution in [3.8, 4) is 0 Å². The van der Waals surface area contributed by atoms with E-state index in [2.05, 4.69) is 30.6 Å². The number of amides is 2. The van der Waals surface area contributed by atoms with E-state index in [9.17, 15) is 19.2 Å². The largest absolute Gasteiger partial charge is 0.370 e. The third-order valence-electron chi connectivity index (χ3n) is 10.4. The number of hydrogen-bond donors (Lipinski definition) is 6. The van der Waals surface area contributed by atoms with Crippen LogP contribution < -0.4 is 27.8 Å². The van der Waals surface area contributed by atoms with Crippen molar-refractivity contribution in [2.24, 2.45) is 34.0 Å². The fraction of sp³-hybridized carbons (Fsp3) is 0.356. The van der Waals surface area contributed by atoms with Gasteiger partial charge in [-0.05, 0) is 60.9 Å². The van der Waals surface area contributed by atoms with E-state index in [4.69, 9.17) is 21.9 Å². The lowest BCUT2D eigenvalue weighted by Gasteiger charge is -2.26. The highest BCUT2D eigenvalue weighted by Gasteiger charge is 2.33. The summed E-state index contributed by atoms with van der Waals surface area (Å²) in [5.41, 5.74) is 21.8. The predicted octanol–water partition coefficient (Wildman–Crippen LogP) is 4.79. The number of carbonyl (C=O) groups is 4. The van der Waals surface area contributed by atoms with Crippen LogP contribution in [0.2, 0.25) is 0 Å². The van der Waals surface area contributed by atoms with Crippen LogP contribution in [0.5, 0.6) is 0 Å². The average molecular weight is 847 g/mol. The summed E-state index contributed by atoms with van der Waals surface area (Å²) < 4.78 is 8.54. The van der Waals surface area contributed by atoms with Gasteiger partial charge < -0.3 is 42.1 Å². The molecule has 0 bridgehead atoms. The first-order valence-corrected chi connectivity index (χ1v) is 21.3. The minimum Gasteiger partial charge on any atom is -0.370 e. The molecule has 0 aliphatic rings. The van der Waals surface area contributed by atoms with Gasteiger partial charge in [0.2, 0.25) is 17.6 Å². The fourth-order valence-electron chi connectivity index (χ4n) is 7.19. The minimum atomic E-state index is -1.02. The molecular formula is C45H54N10O5S. The number of aliphatic imine (C=N–C) groups is 1. The number of H-pyrrole nitrogens is 1. The molecule has 0 saturated heterocycles. The number of carbonyl (C=O) groups excluding carboxylic acids is 4. The molecule has 0 fully saturated rings. The van der Waals surface area contributed by atoms with E-state index in [1.54, 1.807) is 17.1 Å². The van der Waals surface area contributed by atoms with Crippen molar-refractivity contribution < 1.29 is 23.9 Å². The number of Topliss-reactive ketones (excluding diaryl/α,β-unsaturated/α-hetero) is 2. The molecule has 0 aliphatic heterocycles. The number of rotatable bonds is 23. The number of para-hydroxylation sites is 2. The van der Waals surface area contributed by atoms with Crippen LogP contribution in [-0.2, 0) is 45.3 Å². The summed E-state index contributed by atoms with van der Waals surface area (Å²) in [5, 5.41) is 7.07. The van der Waals surface area contributed by atoms with Crippen LogP contribution in [0.1, 0.15) is 66.2 Å². The van der Waals surface area contributed by atoms with Crippen LogP contribution in [-0.4, -0.2) is 73.5 Å². The van der Waals surface area contributed by atoms with Crippen molar-refractivity contribution in [2.75, 3.05) is 6.54 Å². The van der Waals surface area contributed by atoms with Crippen LogP contribution >= 0.6 is 11.3 Å². The van der Waals surface area contributed by atoms with Crippen molar-refractivity contribution in [1.29, 1.82) is 0 Å². The van der Waals surface area contributed by atoms with E-state index >= 15 is 0 Å². The molecular weight excluding hydrogens is 793 g/mol. The number of benzene rings is 3. The molecule has 3 heterocycles. The smallest absolute Gasteiger partial charge is 0.243 e. The van der Waals surface area contributed by atoms with Gasteiger partial charge in [-0.2, -0.15) is 0 Å². The zero-order chi connectivity index (χ0) is 43.3. The van der Waals surface area contributed by atoms with Gasteiger partial charge in [-0.3, -0.25) is 24.2 Å². The molecule has 16 heteroatoms. The summed E-state index contributed by atoms with van der Waals surface area (Å²) in [6, 6.07) is 22.0. The first-order chi connectivity index (χ1) is 29.4. The van der Waals surface area contributed by atoms with Gasteiger partial charge in [-0.1, -0.05) is 74.5 Å². The molecule has 320 valence electrons. The highest BCUT2D eigenvalue weighted by atomic mass is 32.1. The second kappa shape index (κ2) is 21.3. The second-order valence-corrected chi connectivity index (χ2v) is 16.6. The fourth-order valence-corrected chi connectivity index (χ4v) is 8.15. The van der Waals surface area contributed by atoms with Gasteiger partial charge in [0.25, 0.3) is 0 Å². The molecule has 0 saturated carbocycles. The van der Waals surface area contributed by atoms with Crippen molar-refractivity contribution >= 4 is 61.8 Å². The number of imidazole rings is 1. The van der Waals surface area contributed by atoms with E-state index in [0.717, 1.165) is 26.7 Å². The Morgan fingerprint density at radius 1 is 0.918 bits per heavy atom. The van der Waals surface area contributed by atoms with Gasteiger partial charge in [0.05, 0.1) is 35.2 Å². The molecule has 0 radical (unpaired) electrons. The SMILES string of the molecule is CC(C)C[C@H](NC(=O)[C@H](CC(=O)[C@@H](N)Cc1cncn1COCc1ccccc1)Cc1c[nH]c2ccccc12)C(=O)N[C@@H](CCCN=C(N)N)C(=O)c1nc2ccccc2s1. The zero-order valence-electron chi connectivity index (χ0n) is 34.5. The molecule has 3 aromatic heterocycles. The van der Waals surface area contributed by atoms with E-state index in [1.807, 2.05) is 98.9 Å². The molecule has 0 aliphatic carbocycles. The topological polar surface area (TPSA) is 238 Å². The number of thiazole rings is 1. The lowest BCUT2D eigenvalue weighted by molar-refractivity contribution is -0.133. The quantitative estimate of drug-likeness (QED) is 0.0223. The first kappa shape index (κ1) is 44.3. The van der Waals surface area contributed by atoms with E-state index < -0.39 is 35.9 Å². The molecule has 2 amide bonds. The Hall–Kier alpha value is -6.23. The van der Waals surface area contributed by atoms with Gasteiger partial charge in [0, 0.05) is 54.3 Å². The van der Waals surface area contributed by atoms with Crippen LogP contribution in [0.25, 0.3) is 21.1 Å². The summed E-state index contributed by atoms with van der Waals surface area (Å²) in [6.45, 7) is 4.76. The van der Waals surface area contributed by atoms with Crippen molar-refractivity contribution in [1.82, 2.24) is 30.2 Å². The van der Waals surface area contributed by atoms with Gasteiger partial charge in [0.15, 0.2) is 16.8 Å². The molecule has 15 nitrogen and oxygen atoms in total. The first-order valence-electron chi connectivity index (χ1n) is 20.4. The third-order valence-corrected chi connectivity index (χ3v) is 11.4. The molecule has 6 aromatic rings. The monoisotopic (exact) mass is 846 g/mol. The summed E-state index contributed by atoms with van der Waals surface area (Å²) in [7, 11) is 0. The Morgan fingerprint density at radius 3 is 2.43 bits per heavy atom. The van der Waals surface area contributed by atoms with Crippen LogP contribution in [0.3, 0.4) is 0 Å². The molecule has 6 rings (SSSR count). The van der Waals surface area contributed by atoms with Gasteiger partial charge >= 0.3 is 0 Å². The number of aromatic amines is 1. The highest BCUT2D eigenvalue weighted by Crippen LogP contribution is 2.25. The summed E-state index contributed by atoms with van der Waals surface area (Å²) in [5.74, 6) is -2.64. The number of ketones is 2. The number of fused-ring (bicyclic) bond motifs is 2. The number of aromatic nitrogens is 4. The van der Waals surface area contributed by atoms with Crippen LogP contribution in [0.15, 0.2) is 103 Å². The second-order valence-electron chi connectivity index (χ2n) is 15.6. The molecule has 4 atom stereocenters. The summed E-state index contributed by atoms with van der Waals surface area (Å²) >= 11 is 1.25. The highest BCUT2D eigenvalue weighted by molar-refractivity contribution is 7.20. The maximum Gasteiger partial charge on any atom is 0.243 e.